The van der Waals surface area contributed by atoms with E-state index in [0.29, 0.717) is 53.9 Å². The first kappa shape index (κ1) is 23.6. The van der Waals surface area contributed by atoms with Gasteiger partial charge in [0.05, 0.1) is 12.1 Å². The van der Waals surface area contributed by atoms with Crippen molar-refractivity contribution in [1.29, 1.82) is 0 Å². The lowest BCUT2D eigenvalue weighted by Crippen LogP contribution is -2.06. The van der Waals surface area contributed by atoms with E-state index in [1.807, 2.05) is 62.4 Å². The molecule has 1 aliphatic carbocycles. The summed E-state index contributed by atoms with van der Waals surface area (Å²) < 4.78 is 12.3. The molecule has 1 saturated carbocycles. The van der Waals surface area contributed by atoms with E-state index in [9.17, 15) is 4.79 Å². The van der Waals surface area contributed by atoms with Gasteiger partial charge in [0, 0.05) is 24.4 Å². The largest absolute Gasteiger partial charge is 0.500 e. The van der Waals surface area contributed by atoms with Crippen molar-refractivity contribution in [1.82, 2.24) is 4.98 Å². The van der Waals surface area contributed by atoms with Gasteiger partial charge in [-0.3, -0.25) is 9.78 Å². The van der Waals surface area contributed by atoms with Crippen LogP contribution in [-0.4, -0.2) is 10.8 Å². The fourth-order valence-electron chi connectivity index (χ4n) is 4.37. The minimum atomic E-state index is 0.311. The van der Waals surface area contributed by atoms with Gasteiger partial charge in [0.25, 0.3) is 0 Å². The maximum atomic E-state index is 12.4. The zero-order valence-electron chi connectivity index (χ0n) is 20.6. The summed E-state index contributed by atoms with van der Waals surface area (Å²) in [6.45, 7) is 12.1. The van der Waals surface area contributed by atoms with Gasteiger partial charge in [-0.2, -0.15) is 0 Å². The Morgan fingerprint density at radius 3 is 2.56 bits per heavy atom. The Bertz CT molecular complexity index is 1470. The zero-order chi connectivity index (χ0) is 25.1. The summed E-state index contributed by atoms with van der Waals surface area (Å²) in [4.78, 5) is 20.6. The van der Waals surface area contributed by atoms with Crippen molar-refractivity contribution in [3.63, 3.8) is 0 Å². The lowest BCUT2D eigenvalue weighted by Gasteiger charge is -2.16. The summed E-state index contributed by atoms with van der Waals surface area (Å²) in [7, 11) is 0. The van der Waals surface area contributed by atoms with Crippen LogP contribution >= 0.6 is 0 Å². The third-order valence-corrected chi connectivity index (χ3v) is 6.81. The molecular formula is C31H28N2O3. The second-order valence-electron chi connectivity index (χ2n) is 9.47. The van der Waals surface area contributed by atoms with Crippen LogP contribution in [0.5, 0.6) is 17.2 Å². The first-order valence-corrected chi connectivity index (χ1v) is 12.3. The summed E-state index contributed by atoms with van der Waals surface area (Å²) in [5, 5.41) is 0.747. The van der Waals surface area contributed by atoms with Crippen LogP contribution in [0.4, 0.5) is 5.69 Å². The molecule has 0 spiro atoms. The van der Waals surface area contributed by atoms with Gasteiger partial charge in [-0.1, -0.05) is 36.4 Å². The molecule has 0 saturated heterocycles. The maximum absolute atomic E-state index is 12.4. The lowest BCUT2D eigenvalue weighted by atomic mass is 9.97. The second-order valence-corrected chi connectivity index (χ2v) is 9.47. The Morgan fingerprint density at radius 2 is 1.81 bits per heavy atom. The molecule has 1 aromatic heterocycles. The Labute approximate surface area is 211 Å². The van der Waals surface area contributed by atoms with Crippen LogP contribution < -0.4 is 9.47 Å². The van der Waals surface area contributed by atoms with E-state index in [1.54, 1.807) is 18.3 Å². The van der Waals surface area contributed by atoms with Gasteiger partial charge < -0.3 is 9.47 Å². The summed E-state index contributed by atoms with van der Waals surface area (Å²) in [6.07, 6.45) is 5.24. The normalized spacial score (nSPS) is 12.8. The number of hydrogen-bond donors (Lipinski definition) is 0. The molecule has 1 fully saturated rings. The minimum Gasteiger partial charge on any atom is -0.500 e. The van der Waals surface area contributed by atoms with Crippen molar-refractivity contribution in [2.75, 3.05) is 0 Å². The molecule has 0 bridgehead atoms. The summed E-state index contributed by atoms with van der Waals surface area (Å²) in [5.74, 6) is 2.77. The van der Waals surface area contributed by atoms with Gasteiger partial charge in [-0.15, -0.1) is 0 Å². The third-order valence-electron chi connectivity index (χ3n) is 6.81. The quantitative estimate of drug-likeness (QED) is 0.232. The highest BCUT2D eigenvalue weighted by Gasteiger charge is 2.24. The highest BCUT2D eigenvalue weighted by molar-refractivity contribution is 5.91. The Kier molecular flexibility index (Phi) is 6.69. The molecule has 0 radical (unpaired) electrons. The Balaban J connectivity index is 1.39. The van der Waals surface area contributed by atoms with E-state index in [-0.39, 0.29) is 0 Å². The number of hydrogen-bond acceptors (Lipinski definition) is 4. The van der Waals surface area contributed by atoms with Crippen molar-refractivity contribution in [2.45, 2.75) is 46.1 Å². The fourth-order valence-corrected chi connectivity index (χ4v) is 4.37. The smallest absolute Gasteiger partial charge is 0.229 e. The van der Waals surface area contributed by atoms with Crippen LogP contribution in [0.15, 0.2) is 66.9 Å². The van der Waals surface area contributed by atoms with Gasteiger partial charge in [-0.05, 0) is 79.1 Å². The van der Waals surface area contributed by atoms with E-state index >= 15 is 0 Å². The molecule has 4 aromatic rings. The number of nitrogens with zero attached hydrogens (tertiary/aromatic N) is 2. The molecule has 1 aliphatic rings. The van der Waals surface area contributed by atoms with Crippen molar-refractivity contribution >= 4 is 22.4 Å². The molecule has 5 heteroatoms. The monoisotopic (exact) mass is 476 g/mol. The van der Waals surface area contributed by atoms with Crippen molar-refractivity contribution in [3.05, 3.63) is 101 Å². The number of ether oxygens (including phenoxy) is 2. The van der Waals surface area contributed by atoms with Gasteiger partial charge in [0.15, 0.2) is 0 Å². The number of carbonyl (C=O) groups excluding carboxylic acids is 1. The molecule has 36 heavy (non-hydrogen) atoms. The van der Waals surface area contributed by atoms with Crippen LogP contribution in [-0.2, 0) is 17.8 Å². The van der Waals surface area contributed by atoms with Gasteiger partial charge in [-0.25, -0.2) is 4.85 Å². The molecule has 0 atom stereocenters. The minimum absolute atomic E-state index is 0.311. The standard InChI is InChI=1S/C31H28N2O3/c1-20-21(2)29(12-11-24(20)16-25(34)15-22-9-10-22)36-30-13-14-33-27-18-31(28(32-3)17-26(27)30)35-19-23-7-5-4-6-8-23/h4-8,11-14,17-18,22H,9-10,15-16,19H2,1-2H3. The van der Waals surface area contributed by atoms with E-state index < -0.39 is 0 Å². The number of aromatic nitrogens is 1. The average molecular weight is 477 g/mol. The third kappa shape index (κ3) is 5.23. The predicted octanol–water partition coefficient (Wildman–Crippen LogP) is 7.69. The topological polar surface area (TPSA) is 52.8 Å². The van der Waals surface area contributed by atoms with Crippen molar-refractivity contribution in [2.24, 2.45) is 5.92 Å². The SMILES string of the molecule is [C-]#[N+]c1cc2c(Oc3ccc(CC(=O)CC4CC4)c(C)c3C)ccnc2cc1OCc1ccccc1. The number of rotatable bonds is 9. The highest BCUT2D eigenvalue weighted by atomic mass is 16.5. The summed E-state index contributed by atoms with van der Waals surface area (Å²) >= 11 is 0. The molecule has 0 amide bonds. The maximum Gasteiger partial charge on any atom is 0.229 e. The average Bonchev–Trinajstić information content (AvgIpc) is 3.71. The summed E-state index contributed by atoms with van der Waals surface area (Å²) in [5.41, 5.74) is 5.27. The van der Waals surface area contributed by atoms with Gasteiger partial charge in [0.2, 0.25) is 5.69 Å². The first-order valence-electron chi connectivity index (χ1n) is 12.3. The van der Waals surface area contributed by atoms with Gasteiger partial charge >= 0.3 is 0 Å². The fraction of sp³-hybridized carbons (Fsp3) is 0.258. The van der Waals surface area contributed by atoms with E-state index in [1.165, 1.54) is 12.8 Å². The van der Waals surface area contributed by atoms with Crippen LogP contribution in [0.2, 0.25) is 0 Å². The molecule has 0 unspecified atom stereocenters. The first-order chi connectivity index (χ1) is 17.5. The lowest BCUT2D eigenvalue weighted by molar-refractivity contribution is -0.118. The molecule has 1 heterocycles. The molecule has 180 valence electrons. The van der Waals surface area contributed by atoms with E-state index in [2.05, 4.69) is 9.83 Å². The number of fused-ring (bicyclic) bond motifs is 1. The number of ketones is 1. The predicted molar refractivity (Wildman–Crippen MR) is 141 cm³/mol. The number of carbonyl (C=O) groups is 1. The Hall–Kier alpha value is -4.17. The number of benzene rings is 3. The second kappa shape index (κ2) is 10.2. The van der Waals surface area contributed by atoms with Crippen LogP contribution in [0.3, 0.4) is 0 Å². The van der Waals surface area contributed by atoms with Crippen LogP contribution in [0, 0.1) is 26.3 Å². The van der Waals surface area contributed by atoms with Crippen molar-refractivity contribution < 1.29 is 14.3 Å². The number of pyridine rings is 1. The molecule has 0 N–H and O–H groups in total. The van der Waals surface area contributed by atoms with E-state index in [4.69, 9.17) is 16.0 Å². The zero-order valence-corrected chi connectivity index (χ0v) is 20.6. The number of Topliss-reactive ketones (excluding diaryl/α,β-unsaturated/α-hetero) is 1. The van der Waals surface area contributed by atoms with Crippen molar-refractivity contribution in [3.8, 4) is 17.2 Å². The highest BCUT2D eigenvalue weighted by Crippen LogP contribution is 2.39. The Morgan fingerprint density at radius 1 is 1.00 bits per heavy atom. The summed E-state index contributed by atoms with van der Waals surface area (Å²) in [6, 6.07) is 19.2. The van der Waals surface area contributed by atoms with Crippen LogP contribution in [0.1, 0.15) is 41.5 Å². The molecular weight excluding hydrogens is 448 g/mol. The molecule has 5 nitrogen and oxygen atoms in total. The molecule has 0 aliphatic heterocycles. The van der Waals surface area contributed by atoms with E-state index in [0.717, 1.165) is 33.4 Å². The van der Waals surface area contributed by atoms with Crippen LogP contribution in [0.25, 0.3) is 15.7 Å². The molecule has 3 aromatic carbocycles. The van der Waals surface area contributed by atoms with Gasteiger partial charge in [0.1, 0.15) is 29.6 Å². The molecule has 5 rings (SSSR count).